The third kappa shape index (κ3) is 5.02. The van der Waals surface area contributed by atoms with Crippen LogP contribution in [0, 0.1) is 12.7 Å². The highest BCUT2D eigenvalue weighted by molar-refractivity contribution is 5.76. The molecule has 0 aliphatic rings. The lowest BCUT2D eigenvalue weighted by atomic mass is 10.1. The molecule has 134 valence electrons. The van der Waals surface area contributed by atoms with Crippen molar-refractivity contribution in [3.63, 3.8) is 0 Å². The number of aromatic nitrogens is 1. The lowest BCUT2D eigenvalue weighted by Crippen LogP contribution is -2.25. The fraction of sp³-hybridized carbons (Fsp3) is 0.238. The lowest BCUT2D eigenvalue weighted by molar-refractivity contribution is -0.121. The van der Waals surface area contributed by atoms with Crippen LogP contribution in [0.15, 0.2) is 59.1 Å². The summed E-state index contributed by atoms with van der Waals surface area (Å²) in [5.41, 5.74) is 3.14. The number of benzene rings is 2. The van der Waals surface area contributed by atoms with Crippen molar-refractivity contribution in [1.29, 1.82) is 0 Å². The number of amides is 1. The van der Waals surface area contributed by atoms with E-state index in [-0.39, 0.29) is 11.7 Å². The molecule has 5 heteroatoms. The summed E-state index contributed by atoms with van der Waals surface area (Å²) in [4.78, 5) is 16.2. The molecule has 4 nitrogen and oxygen atoms in total. The average molecular weight is 352 g/mol. The maximum absolute atomic E-state index is 12.8. The maximum atomic E-state index is 12.8. The number of nitrogens with one attached hydrogen (secondary N) is 1. The molecule has 0 saturated heterocycles. The minimum absolute atomic E-state index is 0.0535. The Labute approximate surface area is 152 Å². The largest absolute Gasteiger partial charge is 0.441 e. The van der Waals surface area contributed by atoms with Gasteiger partial charge in [-0.1, -0.05) is 42.0 Å². The highest BCUT2D eigenvalue weighted by atomic mass is 19.1. The standard InChI is InChI=1S/C21H21FN2O2/c1-15-2-6-17(7-3-15)19-14-24-21(26-19)11-10-20(25)23-13-12-16-4-8-18(22)9-5-16/h2-9,14H,10-13H2,1H3,(H,23,25). The number of carbonyl (C=O) groups is 1. The zero-order valence-corrected chi connectivity index (χ0v) is 14.7. The number of halogens is 1. The van der Waals surface area contributed by atoms with Crippen molar-refractivity contribution in [3.8, 4) is 11.3 Å². The van der Waals surface area contributed by atoms with Gasteiger partial charge in [-0.15, -0.1) is 0 Å². The summed E-state index contributed by atoms with van der Waals surface area (Å²) in [6.07, 6.45) is 3.13. The molecule has 0 saturated carbocycles. The van der Waals surface area contributed by atoms with Gasteiger partial charge < -0.3 is 9.73 Å². The van der Waals surface area contributed by atoms with Crippen LogP contribution in [0.5, 0.6) is 0 Å². The highest BCUT2D eigenvalue weighted by Crippen LogP contribution is 2.21. The molecule has 0 atom stereocenters. The topological polar surface area (TPSA) is 55.1 Å². The van der Waals surface area contributed by atoms with Gasteiger partial charge in [0, 0.05) is 24.9 Å². The van der Waals surface area contributed by atoms with E-state index in [1.54, 1.807) is 18.3 Å². The van der Waals surface area contributed by atoms with E-state index in [0.29, 0.717) is 37.5 Å². The predicted molar refractivity (Wildman–Crippen MR) is 98.1 cm³/mol. The van der Waals surface area contributed by atoms with Crippen LogP contribution in [0.2, 0.25) is 0 Å². The molecule has 0 bridgehead atoms. The first-order chi connectivity index (χ1) is 12.6. The fourth-order valence-corrected chi connectivity index (χ4v) is 2.58. The van der Waals surface area contributed by atoms with Gasteiger partial charge in [-0.25, -0.2) is 9.37 Å². The number of oxazole rings is 1. The Hall–Kier alpha value is -2.95. The summed E-state index contributed by atoms with van der Waals surface area (Å²) in [5, 5.41) is 2.86. The van der Waals surface area contributed by atoms with Gasteiger partial charge in [0.2, 0.25) is 5.91 Å². The molecule has 2 aromatic carbocycles. The van der Waals surface area contributed by atoms with Crippen molar-refractivity contribution in [2.45, 2.75) is 26.2 Å². The van der Waals surface area contributed by atoms with Crippen LogP contribution < -0.4 is 5.32 Å². The number of nitrogens with zero attached hydrogens (tertiary/aromatic N) is 1. The second kappa shape index (κ2) is 8.43. The minimum Gasteiger partial charge on any atom is -0.441 e. The molecule has 3 aromatic rings. The van der Waals surface area contributed by atoms with Gasteiger partial charge in [-0.2, -0.15) is 0 Å². The van der Waals surface area contributed by atoms with E-state index in [1.165, 1.54) is 17.7 Å². The summed E-state index contributed by atoms with van der Waals surface area (Å²) in [5.74, 6) is 0.946. The third-order valence-corrected chi connectivity index (χ3v) is 4.10. The molecule has 1 amide bonds. The summed E-state index contributed by atoms with van der Waals surface area (Å²) in [7, 11) is 0. The molecule has 0 radical (unpaired) electrons. The second-order valence-corrected chi connectivity index (χ2v) is 6.21. The van der Waals surface area contributed by atoms with Crippen molar-refractivity contribution in [2.75, 3.05) is 6.54 Å². The quantitative estimate of drug-likeness (QED) is 0.697. The first kappa shape index (κ1) is 17.9. The molecule has 0 aliphatic carbocycles. The van der Waals surface area contributed by atoms with Crippen LogP contribution in [0.25, 0.3) is 11.3 Å². The molecule has 26 heavy (non-hydrogen) atoms. The van der Waals surface area contributed by atoms with Gasteiger partial charge >= 0.3 is 0 Å². The summed E-state index contributed by atoms with van der Waals surface area (Å²) >= 11 is 0. The highest BCUT2D eigenvalue weighted by Gasteiger charge is 2.09. The van der Waals surface area contributed by atoms with E-state index < -0.39 is 0 Å². The van der Waals surface area contributed by atoms with E-state index in [0.717, 1.165) is 11.1 Å². The van der Waals surface area contributed by atoms with Gasteiger partial charge in [-0.3, -0.25) is 4.79 Å². The maximum Gasteiger partial charge on any atom is 0.220 e. The van der Waals surface area contributed by atoms with Crippen LogP contribution in [-0.2, 0) is 17.6 Å². The number of hydrogen-bond acceptors (Lipinski definition) is 3. The molecule has 1 N–H and O–H groups in total. The van der Waals surface area contributed by atoms with E-state index in [9.17, 15) is 9.18 Å². The number of rotatable bonds is 7. The first-order valence-electron chi connectivity index (χ1n) is 8.63. The van der Waals surface area contributed by atoms with Crippen LogP contribution >= 0.6 is 0 Å². The van der Waals surface area contributed by atoms with E-state index in [4.69, 9.17) is 4.42 Å². The molecule has 0 fully saturated rings. The lowest BCUT2D eigenvalue weighted by Gasteiger charge is -2.04. The average Bonchev–Trinajstić information content (AvgIpc) is 3.11. The molecule has 0 spiro atoms. The van der Waals surface area contributed by atoms with E-state index in [1.807, 2.05) is 31.2 Å². The van der Waals surface area contributed by atoms with Crippen LogP contribution in [-0.4, -0.2) is 17.4 Å². The van der Waals surface area contributed by atoms with Crippen LogP contribution in [0.4, 0.5) is 4.39 Å². The molecule has 0 unspecified atom stereocenters. The van der Waals surface area contributed by atoms with Crippen molar-refractivity contribution in [1.82, 2.24) is 10.3 Å². The summed E-state index contributed by atoms with van der Waals surface area (Å²) in [6, 6.07) is 14.3. The molecular weight excluding hydrogens is 331 g/mol. The van der Waals surface area contributed by atoms with Crippen molar-refractivity contribution < 1.29 is 13.6 Å². The monoisotopic (exact) mass is 352 g/mol. The second-order valence-electron chi connectivity index (χ2n) is 6.21. The van der Waals surface area contributed by atoms with Gasteiger partial charge in [0.1, 0.15) is 5.82 Å². The van der Waals surface area contributed by atoms with Crippen LogP contribution in [0.1, 0.15) is 23.4 Å². The molecule has 1 aromatic heterocycles. The smallest absolute Gasteiger partial charge is 0.220 e. The predicted octanol–water partition coefficient (Wildman–Crippen LogP) is 4.08. The Morgan fingerprint density at radius 1 is 1.08 bits per heavy atom. The van der Waals surface area contributed by atoms with Crippen molar-refractivity contribution >= 4 is 5.91 Å². The van der Waals surface area contributed by atoms with Gasteiger partial charge in [0.15, 0.2) is 11.7 Å². The van der Waals surface area contributed by atoms with Gasteiger partial charge in [-0.05, 0) is 31.0 Å². The van der Waals surface area contributed by atoms with Crippen LogP contribution in [0.3, 0.4) is 0 Å². The Morgan fingerprint density at radius 3 is 2.54 bits per heavy atom. The van der Waals surface area contributed by atoms with E-state index in [2.05, 4.69) is 10.3 Å². The van der Waals surface area contributed by atoms with Crippen molar-refractivity contribution in [3.05, 3.63) is 77.6 Å². The molecule has 3 rings (SSSR count). The molecular formula is C21H21FN2O2. The summed E-state index contributed by atoms with van der Waals surface area (Å²) < 4.78 is 18.6. The Kier molecular flexibility index (Phi) is 5.79. The van der Waals surface area contributed by atoms with Crippen molar-refractivity contribution in [2.24, 2.45) is 0 Å². The first-order valence-corrected chi connectivity index (χ1v) is 8.63. The number of hydrogen-bond donors (Lipinski definition) is 1. The number of carbonyl (C=O) groups excluding carboxylic acids is 1. The Morgan fingerprint density at radius 2 is 1.81 bits per heavy atom. The zero-order valence-electron chi connectivity index (χ0n) is 14.7. The fourth-order valence-electron chi connectivity index (χ4n) is 2.58. The zero-order chi connectivity index (χ0) is 18.4. The Balaban J connectivity index is 1.43. The molecule has 1 heterocycles. The normalized spacial score (nSPS) is 10.7. The Bertz CT molecular complexity index is 854. The van der Waals surface area contributed by atoms with Gasteiger partial charge in [0.05, 0.1) is 6.20 Å². The SMILES string of the molecule is Cc1ccc(-c2cnc(CCC(=O)NCCc3ccc(F)cc3)o2)cc1. The van der Waals surface area contributed by atoms with Gasteiger partial charge in [0.25, 0.3) is 0 Å². The minimum atomic E-state index is -0.256. The molecule has 0 aliphatic heterocycles. The third-order valence-electron chi connectivity index (χ3n) is 4.10. The van der Waals surface area contributed by atoms with E-state index >= 15 is 0 Å². The number of aryl methyl sites for hydroxylation is 2. The summed E-state index contributed by atoms with van der Waals surface area (Å²) in [6.45, 7) is 2.55.